The van der Waals surface area contributed by atoms with Crippen LogP contribution in [0.5, 0.6) is 0 Å². The fourth-order valence-electron chi connectivity index (χ4n) is 3.22. The second-order valence-electron chi connectivity index (χ2n) is 5.40. The van der Waals surface area contributed by atoms with Crippen LogP contribution in [0.3, 0.4) is 0 Å². The topological polar surface area (TPSA) is 92.3 Å². The lowest BCUT2D eigenvalue weighted by atomic mass is 9.75. The molecule has 4 amide bonds. The van der Waals surface area contributed by atoms with E-state index in [4.69, 9.17) is 0 Å². The molecule has 1 aliphatic carbocycles. The molecule has 0 saturated heterocycles. The summed E-state index contributed by atoms with van der Waals surface area (Å²) in [6.07, 6.45) is 5.84. The van der Waals surface area contributed by atoms with E-state index in [0.717, 1.165) is 19.3 Å². The molecule has 6 nitrogen and oxygen atoms in total. The Labute approximate surface area is 115 Å². The van der Waals surface area contributed by atoms with E-state index in [1.165, 1.54) is 12.2 Å². The van der Waals surface area contributed by atoms with Crippen molar-refractivity contribution in [3.8, 4) is 0 Å². The van der Waals surface area contributed by atoms with Crippen LogP contribution in [0.15, 0.2) is 23.3 Å². The van der Waals surface area contributed by atoms with E-state index in [1.807, 2.05) is 0 Å². The zero-order chi connectivity index (χ0) is 14.3. The molecule has 2 heterocycles. The molecular formula is C14H14N2O4. The maximum absolute atomic E-state index is 11.7. The molecule has 0 bridgehead atoms. The van der Waals surface area contributed by atoms with Gasteiger partial charge in [0.2, 0.25) is 0 Å². The molecule has 2 N–H and O–H groups in total. The quantitative estimate of drug-likeness (QED) is 0.691. The maximum atomic E-state index is 11.7. The van der Waals surface area contributed by atoms with Crippen LogP contribution in [-0.4, -0.2) is 23.6 Å². The predicted molar refractivity (Wildman–Crippen MR) is 67.9 cm³/mol. The minimum absolute atomic E-state index is 0.0235. The molecule has 0 aromatic rings. The van der Waals surface area contributed by atoms with Gasteiger partial charge in [0.05, 0.1) is 0 Å². The van der Waals surface area contributed by atoms with Crippen molar-refractivity contribution in [2.45, 2.75) is 25.7 Å². The number of imide groups is 2. The number of rotatable bonds is 2. The van der Waals surface area contributed by atoms with Crippen molar-refractivity contribution in [2.75, 3.05) is 0 Å². The molecule has 2 unspecified atom stereocenters. The van der Waals surface area contributed by atoms with Gasteiger partial charge in [-0.05, 0) is 31.1 Å². The monoisotopic (exact) mass is 274 g/mol. The Morgan fingerprint density at radius 3 is 1.60 bits per heavy atom. The summed E-state index contributed by atoms with van der Waals surface area (Å²) in [6.45, 7) is 0. The van der Waals surface area contributed by atoms with Crippen LogP contribution < -0.4 is 10.6 Å². The van der Waals surface area contributed by atoms with Crippen LogP contribution in [0.4, 0.5) is 0 Å². The van der Waals surface area contributed by atoms with E-state index in [2.05, 4.69) is 10.6 Å². The smallest absolute Gasteiger partial charge is 0.254 e. The first kappa shape index (κ1) is 12.8. The Hall–Kier alpha value is -2.24. The summed E-state index contributed by atoms with van der Waals surface area (Å²) in [5.74, 6) is -1.46. The number of hydrogen-bond acceptors (Lipinski definition) is 4. The molecule has 6 heteroatoms. The average Bonchev–Trinajstić information content (AvgIpc) is 2.91. The van der Waals surface area contributed by atoms with Crippen molar-refractivity contribution in [1.82, 2.24) is 10.6 Å². The highest BCUT2D eigenvalue weighted by molar-refractivity contribution is 6.17. The van der Waals surface area contributed by atoms with Crippen LogP contribution in [0, 0.1) is 11.8 Å². The van der Waals surface area contributed by atoms with E-state index in [1.54, 1.807) is 0 Å². The lowest BCUT2D eigenvalue weighted by Crippen LogP contribution is -2.29. The summed E-state index contributed by atoms with van der Waals surface area (Å²) in [7, 11) is 0. The van der Waals surface area contributed by atoms with Crippen LogP contribution in [0.25, 0.3) is 0 Å². The van der Waals surface area contributed by atoms with E-state index < -0.39 is 0 Å². The normalized spacial score (nSPS) is 30.0. The third-order valence-electron chi connectivity index (χ3n) is 4.12. The van der Waals surface area contributed by atoms with Gasteiger partial charge in [-0.3, -0.25) is 29.8 Å². The third-order valence-corrected chi connectivity index (χ3v) is 4.12. The Bertz CT molecular complexity index is 538. The van der Waals surface area contributed by atoms with Gasteiger partial charge in [-0.1, -0.05) is 6.42 Å². The van der Waals surface area contributed by atoms with Crippen molar-refractivity contribution in [3.05, 3.63) is 23.3 Å². The molecule has 2 atom stereocenters. The molecule has 3 rings (SSSR count). The first-order valence-electron chi connectivity index (χ1n) is 6.68. The average molecular weight is 274 g/mol. The van der Waals surface area contributed by atoms with Gasteiger partial charge in [0.25, 0.3) is 23.6 Å². The molecule has 0 aromatic heterocycles. The summed E-state index contributed by atoms with van der Waals surface area (Å²) in [5, 5.41) is 4.49. The van der Waals surface area contributed by atoms with Gasteiger partial charge in [0.1, 0.15) is 0 Å². The van der Waals surface area contributed by atoms with Crippen molar-refractivity contribution in [2.24, 2.45) is 11.8 Å². The molecule has 0 spiro atoms. The molecule has 2 aliphatic heterocycles. The van der Waals surface area contributed by atoms with Crippen LogP contribution in [0.1, 0.15) is 25.7 Å². The zero-order valence-corrected chi connectivity index (χ0v) is 10.8. The Morgan fingerprint density at radius 1 is 0.800 bits per heavy atom. The third kappa shape index (κ3) is 2.17. The number of carbonyl (C=O) groups is 4. The largest absolute Gasteiger partial charge is 0.289 e. The van der Waals surface area contributed by atoms with Crippen LogP contribution >= 0.6 is 0 Å². The first-order chi connectivity index (χ1) is 9.54. The van der Waals surface area contributed by atoms with Crippen LogP contribution in [0.2, 0.25) is 0 Å². The minimum Gasteiger partial charge on any atom is -0.289 e. The van der Waals surface area contributed by atoms with Crippen LogP contribution in [-0.2, 0) is 19.2 Å². The molecule has 0 aromatic carbocycles. The van der Waals surface area contributed by atoms with Gasteiger partial charge in [0, 0.05) is 23.3 Å². The van der Waals surface area contributed by atoms with Crippen molar-refractivity contribution >= 4 is 23.6 Å². The number of carbonyl (C=O) groups excluding carboxylic acids is 4. The summed E-state index contributed by atoms with van der Waals surface area (Å²) in [5.41, 5.74) is 1.01. The SMILES string of the molecule is O=C1C=C(C2CCCC(C3=CC(=O)NC3=O)C2)C(=O)N1. The van der Waals surface area contributed by atoms with Gasteiger partial charge < -0.3 is 0 Å². The summed E-state index contributed by atoms with van der Waals surface area (Å²) in [4.78, 5) is 45.8. The van der Waals surface area contributed by atoms with E-state index in [-0.39, 0.29) is 35.5 Å². The second-order valence-corrected chi connectivity index (χ2v) is 5.40. The molecule has 20 heavy (non-hydrogen) atoms. The molecule has 1 saturated carbocycles. The standard InChI is InChI=1S/C14H14N2O4/c17-11-5-9(13(19)15-11)7-2-1-3-8(4-7)10-6-12(18)16-14(10)20/h5-8H,1-4H2,(H,15,17,19)(H,16,18,20). The fourth-order valence-corrected chi connectivity index (χ4v) is 3.22. The Balaban J connectivity index is 1.78. The molecule has 104 valence electrons. The molecule has 1 fully saturated rings. The van der Waals surface area contributed by atoms with E-state index >= 15 is 0 Å². The number of amides is 4. The summed E-state index contributed by atoms with van der Waals surface area (Å²) in [6, 6.07) is 0. The molecule has 3 aliphatic rings. The lowest BCUT2D eigenvalue weighted by molar-refractivity contribution is -0.125. The summed E-state index contributed by atoms with van der Waals surface area (Å²) < 4.78 is 0. The lowest BCUT2D eigenvalue weighted by Gasteiger charge is -2.29. The van der Waals surface area contributed by atoms with Gasteiger partial charge in [-0.25, -0.2) is 0 Å². The van der Waals surface area contributed by atoms with E-state index in [9.17, 15) is 19.2 Å². The highest BCUT2D eigenvalue weighted by Gasteiger charge is 2.36. The fraction of sp³-hybridized carbons (Fsp3) is 0.429. The molecule has 0 radical (unpaired) electrons. The number of nitrogens with one attached hydrogen (secondary N) is 2. The van der Waals surface area contributed by atoms with Gasteiger partial charge in [-0.2, -0.15) is 0 Å². The van der Waals surface area contributed by atoms with Gasteiger partial charge in [-0.15, -0.1) is 0 Å². The van der Waals surface area contributed by atoms with Gasteiger partial charge >= 0.3 is 0 Å². The zero-order valence-electron chi connectivity index (χ0n) is 10.8. The Kier molecular flexibility index (Phi) is 3.00. The minimum atomic E-state index is -0.375. The van der Waals surface area contributed by atoms with Gasteiger partial charge in [0.15, 0.2) is 0 Å². The Morgan fingerprint density at radius 2 is 1.25 bits per heavy atom. The summed E-state index contributed by atoms with van der Waals surface area (Å²) >= 11 is 0. The van der Waals surface area contributed by atoms with E-state index in [0.29, 0.717) is 17.6 Å². The first-order valence-corrected chi connectivity index (χ1v) is 6.68. The highest BCUT2D eigenvalue weighted by atomic mass is 16.2. The second kappa shape index (κ2) is 4.70. The maximum Gasteiger partial charge on any atom is 0.254 e. The predicted octanol–water partition coefficient (Wildman–Crippen LogP) is -0.0416. The molecular weight excluding hydrogens is 260 g/mol. The number of hydrogen-bond donors (Lipinski definition) is 2. The van der Waals surface area contributed by atoms with Crippen molar-refractivity contribution in [1.29, 1.82) is 0 Å². The van der Waals surface area contributed by atoms with Crippen molar-refractivity contribution in [3.63, 3.8) is 0 Å². The highest BCUT2D eigenvalue weighted by Crippen LogP contribution is 2.38. The van der Waals surface area contributed by atoms with Crippen molar-refractivity contribution < 1.29 is 19.2 Å².